The second kappa shape index (κ2) is 3.23. The van der Waals surface area contributed by atoms with Gasteiger partial charge >= 0.3 is 0 Å². The topological polar surface area (TPSA) is 25.8 Å². The summed E-state index contributed by atoms with van der Waals surface area (Å²) in [7, 11) is 0. The summed E-state index contributed by atoms with van der Waals surface area (Å²) in [5.41, 5.74) is 0.806. The van der Waals surface area contributed by atoms with Crippen LogP contribution in [0.25, 0.3) is 10.9 Å². The maximum absolute atomic E-state index is 13.0. The molecular formula is C11H8BrFN2. The number of hydrogen-bond donors (Lipinski definition) is 0. The monoisotopic (exact) mass is 266 g/mol. The third-order valence-electron chi connectivity index (χ3n) is 2.57. The van der Waals surface area contributed by atoms with E-state index < -0.39 is 0 Å². The van der Waals surface area contributed by atoms with E-state index in [0.29, 0.717) is 10.5 Å². The molecule has 2 aromatic rings. The van der Waals surface area contributed by atoms with Crippen LogP contribution in [0.3, 0.4) is 0 Å². The predicted molar refractivity (Wildman–Crippen MR) is 59.2 cm³/mol. The van der Waals surface area contributed by atoms with Crippen molar-refractivity contribution in [2.24, 2.45) is 0 Å². The lowest BCUT2D eigenvalue weighted by Gasteiger charge is -2.03. The summed E-state index contributed by atoms with van der Waals surface area (Å²) in [6.07, 6.45) is 2.33. The average molecular weight is 267 g/mol. The van der Waals surface area contributed by atoms with E-state index in [2.05, 4.69) is 25.9 Å². The Morgan fingerprint density at radius 2 is 2.07 bits per heavy atom. The van der Waals surface area contributed by atoms with Crippen LogP contribution in [0.5, 0.6) is 0 Å². The van der Waals surface area contributed by atoms with E-state index in [-0.39, 0.29) is 5.82 Å². The zero-order chi connectivity index (χ0) is 10.4. The molecule has 0 bridgehead atoms. The van der Waals surface area contributed by atoms with Gasteiger partial charge in [0.1, 0.15) is 16.2 Å². The summed E-state index contributed by atoms with van der Waals surface area (Å²) < 4.78 is 13.7. The van der Waals surface area contributed by atoms with Crippen LogP contribution >= 0.6 is 15.9 Å². The van der Waals surface area contributed by atoms with Gasteiger partial charge in [0.15, 0.2) is 0 Å². The van der Waals surface area contributed by atoms with Crippen molar-refractivity contribution in [1.82, 2.24) is 9.97 Å². The van der Waals surface area contributed by atoms with Crippen LogP contribution in [-0.2, 0) is 0 Å². The molecular weight excluding hydrogens is 259 g/mol. The summed E-state index contributed by atoms with van der Waals surface area (Å²) in [6.45, 7) is 0. The highest BCUT2D eigenvalue weighted by atomic mass is 79.9. The lowest BCUT2D eigenvalue weighted by molar-refractivity contribution is 0.629. The average Bonchev–Trinajstić information content (AvgIpc) is 3.02. The third kappa shape index (κ3) is 1.63. The predicted octanol–water partition coefficient (Wildman–Crippen LogP) is 3.41. The molecule has 4 heteroatoms. The molecule has 1 aliphatic carbocycles. The Morgan fingerprint density at radius 3 is 2.80 bits per heavy atom. The summed E-state index contributed by atoms with van der Waals surface area (Å²) in [5, 5.41) is 0.736. The molecule has 0 spiro atoms. The maximum Gasteiger partial charge on any atom is 0.133 e. The minimum atomic E-state index is -0.258. The molecule has 0 N–H and O–H groups in total. The minimum absolute atomic E-state index is 0.258. The van der Waals surface area contributed by atoms with Gasteiger partial charge in [-0.2, -0.15) is 0 Å². The molecule has 0 unspecified atom stereocenters. The first-order valence-corrected chi connectivity index (χ1v) is 5.66. The van der Waals surface area contributed by atoms with Crippen molar-refractivity contribution in [3.8, 4) is 0 Å². The normalized spacial score (nSPS) is 15.9. The van der Waals surface area contributed by atoms with Gasteiger partial charge in [-0.1, -0.05) is 0 Å². The highest BCUT2D eigenvalue weighted by molar-refractivity contribution is 9.10. The number of rotatable bonds is 1. The van der Waals surface area contributed by atoms with E-state index in [1.165, 1.54) is 25.0 Å². The maximum atomic E-state index is 13.0. The van der Waals surface area contributed by atoms with E-state index in [1.807, 2.05) is 0 Å². The summed E-state index contributed by atoms with van der Waals surface area (Å²) in [4.78, 5) is 8.77. The van der Waals surface area contributed by atoms with Gasteiger partial charge < -0.3 is 0 Å². The fourth-order valence-electron chi connectivity index (χ4n) is 1.60. The molecule has 1 saturated carbocycles. The van der Waals surface area contributed by atoms with Gasteiger partial charge in [0.2, 0.25) is 0 Å². The van der Waals surface area contributed by atoms with Crippen molar-refractivity contribution >= 4 is 26.8 Å². The Morgan fingerprint density at radius 1 is 1.27 bits per heavy atom. The zero-order valence-corrected chi connectivity index (χ0v) is 9.46. The van der Waals surface area contributed by atoms with Crippen LogP contribution in [0, 0.1) is 5.82 Å². The van der Waals surface area contributed by atoms with Crippen LogP contribution in [0.15, 0.2) is 22.8 Å². The Kier molecular flexibility index (Phi) is 1.99. The molecule has 15 heavy (non-hydrogen) atoms. The molecule has 1 heterocycles. The number of hydrogen-bond acceptors (Lipinski definition) is 2. The fourth-order valence-corrected chi connectivity index (χ4v) is 2.10. The smallest absolute Gasteiger partial charge is 0.133 e. The fraction of sp³-hybridized carbons (Fsp3) is 0.273. The quantitative estimate of drug-likeness (QED) is 0.740. The Labute approximate surface area is 94.7 Å². The molecule has 0 amide bonds. The van der Waals surface area contributed by atoms with Gasteiger partial charge in [0.05, 0.1) is 5.52 Å². The zero-order valence-electron chi connectivity index (χ0n) is 7.87. The van der Waals surface area contributed by atoms with Gasteiger partial charge in [-0.05, 0) is 47.0 Å². The molecule has 2 nitrogen and oxygen atoms in total. The van der Waals surface area contributed by atoms with E-state index in [4.69, 9.17) is 0 Å². The van der Waals surface area contributed by atoms with E-state index >= 15 is 0 Å². The Bertz CT molecular complexity index is 537. The van der Waals surface area contributed by atoms with Crippen LogP contribution in [0.4, 0.5) is 4.39 Å². The second-order valence-corrected chi connectivity index (χ2v) is 4.56. The van der Waals surface area contributed by atoms with Gasteiger partial charge in [0, 0.05) is 11.3 Å². The van der Waals surface area contributed by atoms with E-state index in [1.54, 1.807) is 6.07 Å². The summed E-state index contributed by atoms with van der Waals surface area (Å²) in [5.74, 6) is 1.13. The van der Waals surface area contributed by atoms with Crippen LogP contribution in [-0.4, -0.2) is 9.97 Å². The molecule has 0 atom stereocenters. The first-order valence-electron chi connectivity index (χ1n) is 4.87. The molecule has 3 rings (SSSR count). The van der Waals surface area contributed by atoms with Crippen molar-refractivity contribution in [1.29, 1.82) is 0 Å². The molecule has 0 aliphatic heterocycles. The van der Waals surface area contributed by atoms with Crippen LogP contribution in [0.2, 0.25) is 0 Å². The summed E-state index contributed by atoms with van der Waals surface area (Å²) >= 11 is 3.36. The number of fused-ring (bicyclic) bond motifs is 1. The highest BCUT2D eigenvalue weighted by Gasteiger charge is 2.27. The minimum Gasteiger partial charge on any atom is -0.233 e. The first-order chi connectivity index (χ1) is 7.24. The van der Waals surface area contributed by atoms with Crippen molar-refractivity contribution in [3.63, 3.8) is 0 Å². The lowest BCUT2D eigenvalue weighted by Crippen LogP contribution is -1.94. The van der Waals surface area contributed by atoms with Gasteiger partial charge in [0.25, 0.3) is 0 Å². The Balaban J connectivity index is 2.26. The number of nitrogens with zero attached hydrogens (tertiary/aromatic N) is 2. The molecule has 76 valence electrons. The number of benzene rings is 1. The van der Waals surface area contributed by atoms with Gasteiger partial charge in [-0.15, -0.1) is 0 Å². The van der Waals surface area contributed by atoms with E-state index in [9.17, 15) is 4.39 Å². The van der Waals surface area contributed by atoms with Crippen molar-refractivity contribution < 1.29 is 4.39 Å². The SMILES string of the molecule is Fc1ccc2nc(C3CC3)nc(Br)c2c1. The standard InChI is InChI=1S/C11H8BrFN2/c12-10-8-5-7(13)3-4-9(8)14-11(15-10)6-1-2-6/h3-6H,1-2H2. The molecule has 1 aliphatic rings. The van der Waals surface area contributed by atoms with Gasteiger partial charge in [-0.25, -0.2) is 14.4 Å². The first kappa shape index (κ1) is 9.21. The second-order valence-electron chi connectivity index (χ2n) is 3.81. The van der Waals surface area contributed by atoms with E-state index in [0.717, 1.165) is 16.7 Å². The molecule has 1 aromatic heterocycles. The number of aromatic nitrogens is 2. The van der Waals surface area contributed by atoms with Crippen molar-refractivity contribution in [3.05, 3.63) is 34.4 Å². The largest absolute Gasteiger partial charge is 0.233 e. The van der Waals surface area contributed by atoms with Crippen molar-refractivity contribution in [2.75, 3.05) is 0 Å². The highest BCUT2D eigenvalue weighted by Crippen LogP contribution is 2.39. The molecule has 1 aromatic carbocycles. The number of halogens is 2. The lowest BCUT2D eigenvalue weighted by atomic mass is 10.2. The summed E-state index contributed by atoms with van der Waals surface area (Å²) in [6, 6.07) is 4.58. The molecule has 1 fully saturated rings. The van der Waals surface area contributed by atoms with Crippen LogP contribution in [0.1, 0.15) is 24.6 Å². The molecule has 0 saturated heterocycles. The van der Waals surface area contributed by atoms with Gasteiger partial charge in [-0.3, -0.25) is 0 Å². The van der Waals surface area contributed by atoms with Crippen molar-refractivity contribution in [2.45, 2.75) is 18.8 Å². The Hall–Kier alpha value is -1.03. The van der Waals surface area contributed by atoms with Crippen LogP contribution < -0.4 is 0 Å². The third-order valence-corrected chi connectivity index (χ3v) is 3.18. The molecule has 0 radical (unpaired) electrons.